The van der Waals surface area contributed by atoms with E-state index >= 15 is 0 Å². The van der Waals surface area contributed by atoms with Crippen LogP contribution in [0.3, 0.4) is 0 Å². The van der Waals surface area contributed by atoms with Crippen molar-refractivity contribution in [2.45, 2.75) is 6.10 Å². The van der Waals surface area contributed by atoms with Crippen molar-refractivity contribution in [3.05, 3.63) is 34.9 Å². The van der Waals surface area contributed by atoms with Gasteiger partial charge in [0.15, 0.2) is 0 Å². The molecule has 0 bridgehead atoms. The molecule has 69 valence electrons. The lowest BCUT2D eigenvalue weighted by Gasteiger charge is -2.23. The van der Waals surface area contributed by atoms with Gasteiger partial charge in [-0.1, -0.05) is 29.8 Å². The maximum atomic E-state index is 6.04. The number of nitrogens with zero attached hydrogens (tertiary/aromatic N) is 1. The summed E-state index contributed by atoms with van der Waals surface area (Å²) in [6.45, 7) is 2.24. The highest BCUT2D eigenvalue weighted by molar-refractivity contribution is 6.31. The Morgan fingerprint density at radius 3 is 2.92 bits per heavy atom. The zero-order chi connectivity index (χ0) is 9.10. The molecule has 1 aromatic carbocycles. The summed E-state index contributed by atoms with van der Waals surface area (Å²) in [5.74, 6) is 0. The minimum atomic E-state index is 0.0578. The third kappa shape index (κ3) is 2.02. The first-order chi connectivity index (χ1) is 6.38. The smallest absolute Gasteiger partial charge is 0.0980 e. The third-order valence-corrected chi connectivity index (χ3v) is 2.46. The van der Waals surface area contributed by atoms with Crippen LogP contribution in [0.15, 0.2) is 24.3 Å². The van der Waals surface area contributed by atoms with Crippen molar-refractivity contribution in [2.24, 2.45) is 0 Å². The van der Waals surface area contributed by atoms with E-state index in [2.05, 4.69) is 5.32 Å². The number of rotatable bonds is 1. The summed E-state index contributed by atoms with van der Waals surface area (Å²) in [6, 6.07) is 7.77. The van der Waals surface area contributed by atoms with E-state index < -0.39 is 0 Å². The summed E-state index contributed by atoms with van der Waals surface area (Å²) >= 11 is 6.04. The summed E-state index contributed by atoms with van der Waals surface area (Å²) in [6.07, 6.45) is 0.0578. The molecule has 1 saturated heterocycles. The average molecular weight is 197 g/mol. The van der Waals surface area contributed by atoms with Gasteiger partial charge in [0.2, 0.25) is 0 Å². The molecule has 1 atom stereocenters. The van der Waals surface area contributed by atoms with Crippen molar-refractivity contribution >= 4 is 11.6 Å². The largest absolute Gasteiger partial charge is 0.371 e. The summed E-state index contributed by atoms with van der Waals surface area (Å²) in [7, 11) is 0. The van der Waals surface area contributed by atoms with Crippen LogP contribution in [0.5, 0.6) is 0 Å². The van der Waals surface area contributed by atoms with Crippen LogP contribution in [-0.2, 0) is 4.74 Å². The van der Waals surface area contributed by atoms with Crippen molar-refractivity contribution < 1.29 is 4.74 Å². The highest BCUT2D eigenvalue weighted by Crippen LogP contribution is 2.26. The average Bonchev–Trinajstić information content (AvgIpc) is 2.20. The van der Waals surface area contributed by atoms with E-state index in [0.29, 0.717) is 6.61 Å². The minimum absolute atomic E-state index is 0.0578. The van der Waals surface area contributed by atoms with Crippen LogP contribution < -0.4 is 5.32 Å². The summed E-state index contributed by atoms with van der Waals surface area (Å²) < 4.78 is 5.57. The Labute approximate surface area is 82.9 Å². The summed E-state index contributed by atoms with van der Waals surface area (Å²) in [4.78, 5) is 0. The van der Waals surface area contributed by atoms with Crippen molar-refractivity contribution in [1.82, 2.24) is 5.32 Å². The van der Waals surface area contributed by atoms with E-state index in [-0.39, 0.29) is 6.10 Å². The van der Waals surface area contributed by atoms with Crippen LogP contribution in [0, 0.1) is 0 Å². The van der Waals surface area contributed by atoms with Gasteiger partial charge >= 0.3 is 0 Å². The highest BCUT2D eigenvalue weighted by atomic mass is 35.5. The second-order valence-corrected chi connectivity index (χ2v) is 3.42. The first-order valence-electron chi connectivity index (χ1n) is 4.37. The van der Waals surface area contributed by atoms with E-state index in [4.69, 9.17) is 16.3 Å². The molecule has 1 aromatic rings. The molecule has 0 aliphatic carbocycles. The predicted molar refractivity (Wildman–Crippen MR) is 52.0 cm³/mol. The van der Waals surface area contributed by atoms with Gasteiger partial charge < -0.3 is 4.74 Å². The fourth-order valence-corrected chi connectivity index (χ4v) is 1.70. The Morgan fingerprint density at radius 2 is 2.23 bits per heavy atom. The van der Waals surface area contributed by atoms with E-state index in [1.807, 2.05) is 24.3 Å². The Hall–Kier alpha value is -0.570. The van der Waals surface area contributed by atoms with E-state index in [0.717, 1.165) is 23.7 Å². The van der Waals surface area contributed by atoms with Gasteiger partial charge in [-0.15, -0.1) is 0 Å². The molecule has 2 rings (SSSR count). The Kier molecular flexibility index (Phi) is 2.83. The normalized spacial score (nSPS) is 23.0. The molecule has 0 N–H and O–H groups in total. The van der Waals surface area contributed by atoms with Gasteiger partial charge in [0.05, 0.1) is 12.7 Å². The van der Waals surface area contributed by atoms with Crippen molar-refractivity contribution in [1.29, 1.82) is 0 Å². The molecular formula is C10H11ClNO. The molecule has 1 heterocycles. The fraction of sp³-hybridized carbons (Fsp3) is 0.400. The quantitative estimate of drug-likeness (QED) is 0.674. The molecule has 13 heavy (non-hydrogen) atoms. The number of ether oxygens (including phenoxy) is 1. The number of benzene rings is 1. The van der Waals surface area contributed by atoms with Gasteiger partial charge in [-0.2, -0.15) is 0 Å². The zero-order valence-electron chi connectivity index (χ0n) is 7.24. The molecule has 1 aliphatic rings. The van der Waals surface area contributed by atoms with E-state index in [1.54, 1.807) is 0 Å². The monoisotopic (exact) mass is 196 g/mol. The molecule has 1 fully saturated rings. The van der Waals surface area contributed by atoms with Crippen LogP contribution >= 0.6 is 11.6 Å². The molecule has 0 unspecified atom stereocenters. The van der Waals surface area contributed by atoms with Crippen LogP contribution in [0.4, 0.5) is 0 Å². The lowest BCUT2D eigenvalue weighted by Crippen LogP contribution is -2.28. The summed E-state index contributed by atoms with van der Waals surface area (Å²) in [5, 5.41) is 5.06. The van der Waals surface area contributed by atoms with Crippen LogP contribution in [0.2, 0.25) is 5.02 Å². The minimum Gasteiger partial charge on any atom is -0.371 e. The number of hydrogen-bond acceptors (Lipinski definition) is 1. The molecule has 1 aliphatic heterocycles. The molecule has 0 saturated carbocycles. The molecule has 0 aromatic heterocycles. The van der Waals surface area contributed by atoms with E-state index in [1.165, 1.54) is 0 Å². The van der Waals surface area contributed by atoms with Crippen molar-refractivity contribution in [3.8, 4) is 0 Å². The van der Waals surface area contributed by atoms with Crippen LogP contribution in [0.25, 0.3) is 0 Å². The summed E-state index contributed by atoms with van der Waals surface area (Å²) in [5.41, 5.74) is 1.05. The second-order valence-electron chi connectivity index (χ2n) is 3.01. The van der Waals surface area contributed by atoms with Gasteiger partial charge in [0.1, 0.15) is 0 Å². The third-order valence-electron chi connectivity index (χ3n) is 2.12. The maximum Gasteiger partial charge on any atom is 0.0980 e. The van der Waals surface area contributed by atoms with E-state index in [9.17, 15) is 0 Å². The van der Waals surface area contributed by atoms with Crippen LogP contribution in [-0.4, -0.2) is 19.7 Å². The first kappa shape index (κ1) is 9.00. The maximum absolute atomic E-state index is 6.04. The second kappa shape index (κ2) is 4.09. The Bertz CT molecular complexity index is 284. The molecule has 3 heteroatoms. The molecule has 0 spiro atoms. The highest BCUT2D eigenvalue weighted by Gasteiger charge is 2.18. The lowest BCUT2D eigenvalue weighted by atomic mass is 10.1. The lowest BCUT2D eigenvalue weighted by molar-refractivity contribution is 0.0261. The van der Waals surface area contributed by atoms with Gasteiger partial charge in [-0.3, -0.25) is 0 Å². The number of morpholine rings is 1. The zero-order valence-corrected chi connectivity index (χ0v) is 8.00. The predicted octanol–water partition coefficient (Wildman–Crippen LogP) is 2.02. The van der Waals surface area contributed by atoms with Gasteiger partial charge in [-0.05, 0) is 6.07 Å². The Balaban J connectivity index is 2.18. The fourth-order valence-electron chi connectivity index (χ4n) is 1.45. The Morgan fingerprint density at radius 1 is 1.38 bits per heavy atom. The van der Waals surface area contributed by atoms with Crippen molar-refractivity contribution in [2.75, 3.05) is 19.7 Å². The van der Waals surface area contributed by atoms with Crippen molar-refractivity contribution in [3.63, 3.8) is 0 Å². The van der Waals surface area contributed by atoms with Gasteiger partial charge in [0, 0.05) is 23.7 Å². The molecule has 1 radical (unpaired) electrons. The molecule has 0 amide bonds. The molecule has 2 nitrogen and oxygen atoms in total. The SMILES string of the molecule is Clc1ccccc1[C@H]1C[N]CCO1. The van der Waals surface area contributed by atoms with Crippen LogP contribution in [0.1, 0.15) is 11.7 Å². The topological polar surface area (TPSA) is 23.3 Å². The first-order valence-corrected chi connectivity index (χ1v) is 4.75. The number of halogens is 1. The number of hydrogen-bond donors (Lipinski definition) is 0. The molecular weight excluding hydrogens is 186 g/mol. The van der Waals surface area contributed by atoms with Gasteiger partial charge in [-0.25, -0.2) is 5.32 Å². The van der Waals surface area contributed by atoms with Gasteiger partial charge in [0.25, 0.3) is 0 Å². The standard InChI is InChI=1S/C10H11ClNO/c11-9-4-2-1-3-8(9)10-7-12-5-6-13-10/h1-4,10H,5-7H2/t10-/m1/s1.